The molecule has 3 rings (SSSR count). The summed E-state index contributed by atoms with van der Waals surface area (Å²) in [5.41, 5.74) is 1.54. The number of hydrogen-bond donors (Lipinski definition) is 2. The first-order valence-corrected chi connectivity index (χ1v) is 11.4. The third kappa shape index (κ3) is 6.20. The van der Waals surface area contributed by atoms with Gasteiger partial charge >= 0.3 is 0 Å². The van der Waals surface area contributed by atoms with Crippen molar-refractivity contribution in [2.45, 2.75) is 25.9 Å². The van der Waals surface area contributed by atoms with E-state index in [-0.39, 0.29) is 17.8 Å². The van der Waals surface area contributed by atoms with Crippen LogP contribution in [0, 0.1) is 0 Å². The highest BCUT2D eigenvalue weighted by Gasteiger charge is 2.18. The number of amides is 1. The molecule has 0 aliphatic carbocycles. The Morgan fingerprint density at radius 1 is 1.03 bits per heavy atom. The van der Waals surface area contributed by atoms with E-state index < -0.39 is 10.0 Å². The SMILES string of the molecule is CCS(=O)(=O)Nc1ccc(C(=O)Nc2ccc(OC3CCN(C)CC3)cc2)cc1. The number of nitrogens with zero attached hydrogens (tertiary/aromatic N) is 1. The molecule has 1 heterocycles. The van der Waals surface area contributed by atoms with Crippen LogP contribution in [0.3, 0.4) is 0 Å². The zero-order valence-electron chi connectivity index (χ0n) is 16.7. The third-order valence-corrected chi connectivity index (χ3v) is 6.19. The van der Waals surface area contributed by atoms with Crippen LogP contribution in [0.2, 0.25) is 0 Å². The molecule has 1 aliphatic rings. The van der Waals surface area contributed by atoms with Crippen LogP contribution in [0.15, 0.2) is 48.5 Å². The van der Waals surface area contributed by atoms with Crippen molar-refractivity contribution in [2.75, 3.05) is 35.9 Å². The van der Waals surface area contributed by atoms with Crippen LogP contribution in [0.5, 0.6) is 5.75 Å². The van der Waals surface area contributed by atoms with Crippen LogP contribution < -0.4 is 14.8 Å². The lowest BCUT2D eigenvalue weighted by Gasteiger charge is -2.29. The third-order valence-electron chi connectivity index (χ3n) is 4.88. The van der Waals surface area contributed by atoms with E-state index in [2.05, 4.69) is 22.0 Å². The fraction of sp³-hybridized carbons (Fsp3) is 0.381. The van der Waals surface area contributed by atoms with Gasteiger partial charge in [-0.3, -0.25) is 9.52 Å². The van der Waals surface area contributed by atoms with Crippen LogP contribution in [-0.2, 0) is 10.0 Å². The highest BCUT2D eigenvalue weighted by molar-refractivity contribution is 7.92. The van der Waals surface area contributed by atoms with Crippen LogP contribution in [0.25, 0.3) is 0 Å². The minimum atomic E-state index is -3.34. The van der Waals surface area contributed by atoms with Gasteiger partial charge in [0.15, 0.2) is 0 Å². The highest BCUT2D eigenvalue weighted by atomic mass is 32.2. The summed E-state index contributed by atoms with van der Waals surface area (Å²) >= 11 is 0. The van der Waals surface area contributed by atoms with Crippen molar-refractivity contribution in [1.29, 1.82) is 0 Å². The number of carbonyl (C=O) groups is 1. The molecule has 1 fully saturated rings. The molecule has 0 radical (unpaired) electrons. The Labute approximate surface area is 172 Å². The number of sulfonamides is 1. The first kappa shape index (κ1) is 21.1. The second-order valence-electron chi connectivity index (χ2n) is 7.18. The summed E-state index contributed by atoms with van der Waals surface area (Å²) < 4.78 is 31.7. The monoisotopic (exact) mass is 417 g/mol. The number of piperidine rings is 1. The van der Waals surface area contributed by atoms with Gasteiger partial charge in [0.05, 0.1) is 5.75 Å². The maximum absolute atomic E-state index is 12.4. The van der Waals surface area contributed by atoms with E-state index in [1.54, 1.807) is 31.2 Å². The molecule has 0 bridgehead atoms. The number of likely N-dealkylation sites (tertiary alicyclic amines) is 1. The summed E-state index contributed by atoms with van der Waals surface area (Å²) in [5, 5.41) is 2.83. The number of hydrogen-bond acceptors (Lipinski definition) is 5. The molecule has 0 aromatic heterocycles. The molecule has 7 nitrogen and oxygen atoms in total. The second kappa shape index (κ2) is 9.28. The molecule has 0 spiro atoms. The number of nitrogens with one attached hydrogen (secondary N) is 2. The molecular formula is C21H27N3O4S. The summed E-state index contributed by atoms with van der Waals surface area (Å²) in [6.07, 6.45) is 2.26. The summed E-state index contributed by atoms with van der Waals surface area (Å²) in [4.78, 5) is 14.7. The van der Waals surface area contributed by atoms with E-state index in [0.717, 1.165) is 31.7 Å². The normalized spacial score (nSPS) is 15.7. The fourth-order valence-corrected chi connectivity index (χ4v) is 3.70. The van der Waals surface area contributed by atoms with Crippen molar-refractivity contribution < 1.29 is 17.9 Å². The zero-order chi connectivity index (χ0) is 20.9. The quantitative estimate of drug-likeness (QED) is 0.722. The van der Waals surface area contributed by atoms with E-state index in [1.807, 2.05) is 24.3 Å². The first-order valence-electron chi connectivity index (χ1n) is 9.72. The Hall–Kier alpha value is -2.58. The molecule has 0 unspecified atom stereocenters. The fourth-order valence-electron chi connectivity index (χ4n) is 3.06. The van der Waals surface area contributed by atoms with Gasteiger partial charge in [-0.15, -0.1) is 0 Å². The number of rotatable bonds is 7. The summed E-state index contributed by atoms with van der Waals surface area (Å²) in [6, 6.07) is 13.6. The first-order chi connectivity index (χ1) is 13.8. The van der Waals surface area contributed by atoms with Crippen LogP contribution in [-0.4, -0.2) is 51.2 Å². The minimum absolute atomic E-state index is 0.00720. The number of anilines is 2. The smallest absolute Gasteiger partial charge is 0.255 e. The van der Waals surface area contributed by atoms with E-state index >= 15 is 0 Å². The molecule has 8 heteroatoms. The Morgan fingerprint density at radius 2 is 1.62 bits per heavy atom. The van der Waals surface area contributed by atoms with Gasteiger partial charge in [0.2, 0.25) is 10.0 Å². The molecule has 2 aromatic carbocycles. The molecule has 1 saturated heterocycles. The zero-order valence-corrected chi connectivity index (χ0v) is 17.5. The Morgan fingerprint density at radius 3 is 2.21 bits per heavy atom. The van der Waals surface area contributed by atoms with Gasteiger partial charge in [-0.2, -0.15) is 0 Å². The second-order valence-corrected chi connectivity index (χ2v) is 9.19. The predicted molar refractivity (Wildman–Crippen MR) is 115 cm³/mol. The molecular weight excluding hydrogens is 390 g/mol. The Kier molecular flexibility index (Phi) is 6.76. The van der Waals surface area contributed by atoms with Gasteiger partial charge in [-0.25, -0.2) is 8.42 Å². The van der Waals surface area contributed by atoms with E-state index in [1.165, 1.54) is 0 Å². The maximum Gasteiger partial charge on any atom is 0.255 e. The van der Waals surface area contributed by atoms with Crippen molar-refractivity contribution in [1.82, 2.24) is 4.90 Å². The largest absolute Gasteiger partial charge is 0.490 e. The molecule has 2 aromatic rings. The molecule has 0 saturated carbocycles. The summed E-state index contributed by atoms with van der Waals surface area (Å²) in [5.74, 6) is 0.524. The van der Waals surface area contributed by atoms with Crippen LogP contribution in [0.4, 0.5) is 11.4 Å². The van der Waals surface area contributed by atoms with Crippen LogP contribution in [0.1, 0.15) is 30.1 Å². The van der Waals surface area contributed by atoms with Crippen molar-refractivity contribution in [3.63, 3.8) is 0 Å². The Balaban J connectivity index is 1.55. The number of ether oxygens (including phenoxy) is 1. The lowest BCUT2D eigenvalue weighted by molar-refractivity contribution is 0.102. The number of benzene rings is 2. The standard InChI is InChI=1S/C21H27N3O4S/c1-3-29(26,27)23-18-6-4-16(5-7-18)21(25)22-17-8-10-19(11-9-17)28-20-12-14-24(2)15-13-20/h4-11,20,23H,3,12-15H2,1-2H3,(H,22,25). The van der Waals surface area contributed by atoms with Gasteiger partial charge in [-0.05, 0) is 75.3 Å². The lowest BCUT2D eigenvalue weighted by atomic mass is 10.1. The van der Waals surface area contributed by atoms with Crippen LogP contribution >= 0.6 is 0 Å². The minimum Gasteiger partial charge on any atom is -0.490 e. The van der Waals surface area contributed by atoms with Crippen molar-refractivity contribution in [2.24, 2.45) is 0 Å². The molecule has 2 N–H and O–H groups in total. The van der Waals surface area contributed by atoms with Gasteiger partial charge < -0.3 is 15.0 Å². The molecule has 29 heavy (non-hydrogen) atoms. The van der Waals surface area contributed by atoms with E-state index in [9.17, 15) is 13.2 Å². The van der Waals surface area contributed by atoms with Crippen molar-refractivity contribution >= 4 is 27.3 Å². The predicted octanol–water partition coefficient (Wildman–Crippen LogP) is 3.17. The Bertz CT molecular complexity index is 919. The number of carbonyl (C=O) groups excluding carboxylic acids is 1. The van der Waals surface area contributed by atoms with Gasteiger partial charge in [0.1, 0.15) is 11.9 Å². The van der Waals surface area contributed by atoms with Crippen molar-refractivity contribution in [3.8, 4) is 5.75 Å². The topological polar surface area (TPSA) is 87.7 Å². The molecule has 1 amide bonds. The summed E-state index contributed by atoms with van der Waals surface area (Å²) in [7, 11) is -1.22. The van der Waals surface area contributed by atoms with E-state index in [0.29, 0.717) is 16.9 Å². The van der Waals surface area contributed by atoms with Gasteiger partial charge in [-0.1, -0.05) is 0 Å². The molecule has 1 aliphatic heterocycles. The average Bonchev–Trinajstić information content (AvgIpc) is 2.71. The summed E-state index contributed by atoms with van der Waals surface area (Å²) in [6.45, 7) is 3.64. The van der Waals surface area contributed by atoms with E-state index in [4.69, 9.17) is 4.74 Å². The van der Waals surface area contributed by atoms with Gasteiger partial charge in [0, 0.05) is 30.0 Å². The molecule has 156 valence electrons. The highest BCUT2D eigenvalue weighted by Crippen LogP contribution is 2.21. The lowest BCUT2D eigenvalue weighted by Crippen LogP contribution is -2.35. The van der Waals surface area contributed by atoms with Gasteiger partial charge in [0.25, 0.3) is 5.91 Å². The molecule has 0 atom stereocenters. The van der Waals surface area contributed by atoms with Crippen molar-refractivity contribution in [3.05, 3.63) is 54.1 Å². The maximum atomic E-state index is 12.4. The average molecular weight is 418 g/mol.